The van der Waals surface area contributed by atoms with E-state index < -0.39 is 168 Å². The summed E-state index contributed by atoms with van der Waals surface area (Å²) in [6.45, 7) is 19.3. The number of nitrogens with one attached hydrogen (secondary N) is 11. The molecule has 0 aliphatic carbocycles. The average Bonchev–Trinajstić information content (AvgIpc) is 1.60. The van der Waals surface area contributed by atoms with Gasteiger partial charge in [-0.05, 0) is 131 Å². The number of para-hydroxylation sites is 1. The second kappa shape index (κ2) is 49.2. The van der Waals surface area contributed by atoms with Crippen LogP contribution >= 0.6 is 0 Å². The molecule has 1 aromatic heterocycles. The third-order valence-corrected chi connectivity index (χ3v) is 21.2. The number of amides is 13. The lowest BCUT2D eigenvalue weighted by Gasteiger charge is -2.33. The van der Waals surface area contributed by atoms with Crippen molar-refractivity contribution < 1.29 is 87.9 Å². The fourth-order valence-corrected chi connectivity index (χ4v) is 14.4. The number of unbranched alkanes of at least 4 members (excludes halogenated alkanes) is 12. The molecule has 15 atom stereocenters. The Morgan fingerprint density at radius 2 is 0.873 bits per heavy atom. The summed E-state index contributed by atoms with van der Waals surface area (Å²) in [5.74, 6) is -12.1. The number of carbonyl (C=O) groups is 13. The van der Waals surface area contributed by atoms with Crippen molar-refractivity contribution in [2.75, 3.05) is 13.6 Å². The molecule has 0 radical (unpaired) electrons. The van der Waals surface area contributed by atoms with Crippen molar-refractivity contribution in [2.24, 2.45) is 23.5 Å². The molecule has 0 bridgehead atoms. The Hall–Kier alpha value is -10.2. The molecule has 654 valence electrons. The first-order chi connectivity index (χ1) is 55.8. The van der Waals surface area contributed by atoms with E-state index >= 15 is 0 Å². The number of primary amides is 1. The fourth-order valence-electron chi connectivity index (χ4n) is 14.4. The van der Waals surface area contributed by atoms with Crippen LogP contribution in [0.15, 0.2) is 79.0 Å². The summed E-state index contributed by atoms with van der Waals surface area (Å²) in [5.41, 5.74) is 7.42. The van der Waals surface area contributed by atoms with E-state index in [0.29, 0.717) is 40.4 Å². The van der Waals surface area contributed by atoms with Crippen LogP contribution in [0, 0.1) is 17.8 Å². The van der Waals surface area contributed by atoms with E-state index in [-0.39, 0.29) is 80.7 Å². The predicted octanol–water partition coefficient (Wildman–Crippen LogP) is 4.17. The molecule has 4 aromatic rings. The topological polar surface area (TPSA) is 492 Å². The number of aliphatic hydroxyl groups excluding tert-OH is 3. The first-order valence-corrected chi connectivity index (χ1v) is 41.9. The van der Waals surface area contributed by atoms with Gasteiger partial charge in [0, 0.05) is 56.4 Å². The number of aliphatic hydroxyl groups is 3. The Kier molecular flexibility index (Phi) is 41.0. The Bertz CT molecular complexity index is 3940. The molecule has 32 nitrogen and oxygen atoms in total. The number of nitrogens with zero attached hydrogens (tertiary/aromatic N) is 2. The molecule has 1 fully saturated rings. The van der Waals surface area contributed by atoms with E-state index in [1.807, 2.05) is 13.8 Å². The minimum atomic E-state index is -1.87. The minimum absolute atomic E-state index is 0.0263. The van der Waals surface area contributed by atoms with Crippen molar-refractivity contribution >= 4 is 87.7 Å². The number of aromatic hydroxyl groups is 2. The van der Waals surface area contributed by atoms with Gasteiger partial charge in [0.1, 0.15) is 84.0 Å². The normalized spacial score (nSPS) is 16.4. The van der Waals surface area contributed by atoms with Gasteiger partial charge in [-0.3, -0.25) is 62.3 Å². The molecule has 5 rings (SSSR count). The number of H-pyrrole nitrogens is 1. The summed E-state index contributed by atoms with van der Waals surface area (Å²) in [4.78, 5) is 190. The van der Waals surface area contributed by atoms with Gasteiger partial charge >= 0.3 is 0 Å². The molecular formula is C86H132N14O18. The van der Waals surface area contributed by atoms with E-state index in [2.05, 4.69) is 65.1 Å². The van der Waals surface area contributed by atoms with E-state index in [0.717, 1.165) is 39.5 Å². The molecule has 3 aromatic carbocycles. The van der Waals surface area contributed by atoms with Crippen LogP contribution in [0.5, 0.6) is 11.5 Å². The van der Waals surface area contributed by atoms with Gasteiger partial charge in [0.05, 0.1) is 18.3 Å². The molecule has 0 spiro atoms. The first-order valence-electron chi connectivity index (χ1n) is 41.9. The zero-order chi connectivity index (χ0) is 87.6. The van der Waals surface area contributed by atoms with Crippen LogP contribution in [0.3, 0.4) is 0 Å². The Morgan fingerprint density at radius 1 is 0.466 bits per heavy atom. The Labute approximate surface area is 693 Å². The van der Waals surface area contributed by atoms with Crippen LogP contribution in [0.4, 0.5) is 0 Å². The smallest absolute Gasteiger partial charge is 0.245 e. The van der Waals surface area contributed by atoms with Crippen molar-refractivity contribution in [3.63, 3.8) is 0 Å². The van der Waals surface area contributed by atoms with Crippen LogP contribution in [-0.2, 0) is 81.6 Å². The molecule has 18 N–H and O–H groups in total. The molecule has 118 heavy (non-hydrogen) atoms. The minimum Gasteiger partial charge on any atom is -0.508 e. The summed E-state index contributed by atoms with van der Waals surface area (Å²) >= 11 is 0. The molecule has 13 amide bonds. The molecule has 0 saturated carbocycles. The molecule has 32 heteroatoms. The van der Waals surface area contributed by atoms with Crippen LogP contribution in [0.2, 0.25) is 0 Å². The summed E-state index contributed by atoms with van der Waals surface area (Å²) in [7, 11) is 1.55. The second-order valence-electron chi connectivity index (χ2n) is 32.8. The highest BCUT2D eigenvalue weighted by molar-refractivity contribution is 6.00. The highest BCUT2D eigenvalue weighted by atomic mass is 16.3. The van der Waals surface area contributed by atoms with Crippen molar-refractivity contribution in [1.82, 2.24) is 68.0 Å². The number of likely N-dealkylation sites (N-methyl/N-ethyl adjacent to an activating group) is 1. The summed E-state index contributed by atoms with van der Waals surface area (Å²) in [5, 5.41) is 79.8. The Morgan fingerprint density at radius 3 is 1.34 bits per heavy atom. The lowest BCUT2D eigenvalue weighted by molar-refractivity contribution is -0.144. The third kappa shape index (κ3) is 31.9. The number of aromatic amines is 1. The number of likely N-dealkylation sites (tertiary alicyclic amines) is 1. The Balaban J connectivity index is 1.30. The van der Waals surface area contributed by atoms with E-state index in [1.165, 1.54) is 130 Å². The standard InChI is InChI=1S/C86H132N14O18/c1-14-15-16-17-18-19-20-21-22-23-24-25-26-33-70(106)99(13)74(51(6)7)85(117)98-73(56(12)103)84(116)95-68(44-50(4)5)86(118)100-42-29-32-69(100)81(113)92-64(43-49(2)3)79(111)91-67(47-59-48-88-63-31-28-27-30-62(59)63)78(110)90-53(9)76(108)96-71(54(10)101)82(114)94-66(46-58-36-40-61(105)41-37-58)80(112)97-72(55(11)102)83(115)93-65(77(109)89-52(8)75(87)107)45-57-34-38-60(104)39-35-57/h27-28,30-31,34-41,48-56,64-69,71-74,88,101-105H,14-26,29,32-33,42-47H2,1-13H3,(H2,87,107)(H,89,109)(H,90,110)(H,91,111)(H,92,113)(H,93,115)(H,94,114)(H,95,116)(H,96,108)(H,97,112)(H,98,117)/t52-,53-,54+,55+,56+,64-,65-,66-,67-,68-,69-,71-,72-,73-,74-/m0/s1. The number of phenols is 2. The monoisotopic (exact) mass is 1650 g/mol. The van der Waals surface area contributed by atoms with Crippen LogP contribution in [0.25, 0.3) is 10.9 Å². The van der Waals surface area contributed by atoms with Crippen LogP contribution < -0.4 is 58.9 Å². The van der Waals surface area contributed by atoms with Gasteiger partial charge in [0.15, 0.2) is 0 Å². The quantitative estimate of drug-likeness (QED) is 0.0276. The molecule has 0 unspecified atom stereocenters. The average molecular weight is 1650 g/mol. The maximum Gasteiger partial charge on any atom is 0.245 e. The van der Waals surface area contributed by atoms with Gasteiger partial charge < -0.3 is 99.2 Å². The van der Waals surface area contributed by atoms with E-state index in [4.69, 9.17) is 5.73 Å². The molecule has 1 saturated heterocycles. The molecule has 2 heterocycles. The fraction of sp³-hybridized carbons (Fsp3) is 0.616. The van der Waals surface area contributed by atoms with Gasteiger partial charge in [-0.25, -0.2) is 0 Å². The molecular weight excluding hydrogens is 1520 g/mol. The number of carbonyl (C=O) groups excluding carboxylic acids is 13. The van der Waals surface area contributed by atoms with E-state index in [1.54, 1.807) is 65.2 Å². The maximum absolute atomic E-state index is 14.9. The number of hydrogen-bond acceptors (Lipinski definition) is 18. The highest BCUT2D eigenvalue weighted by Gasteiger charge is 2.43. The van der Waals surface area contributed by atoms with Gasteiger partial charge in [-0.2, -0.15) is 0 Å². The molecule has 1 aliphatic heterocycles. The SMILES string of the molecule is CCCCCCCCCCCCCCCC(=O)N(C)[C@H](C(=O)N[C@H](C(=O)N[C@@H](CC(C)C)C(=O)N1CCC[C@H]1C(=O)N[C@@H](CC(C)C)C(=O)N[C@@H](Cc1c[nH]c2ccccc12)C(=O)N[C@@H](C)C(=O)N[C@H](C(=O)N[C@@H](Cc1ccc(O)cc1)C(=O)N[C@H](C(=O)N[C@@H](Cc1ccc(O)cc1)C(=O)N[C@@H](C)C(N)=O)[C@@H](C)O)[C@@H](C)O)[C@@H](C)O)C(C)C. The van der Waals surface area contributed by atoms with Crippen LogP contribution in [0.1, 0.15) is 215 Å². The van der Waals surface area contributed by atoms with Gasteiger partial charge in [0.25, 0.3) is 0 Å². The van der Waals surface area contributed by atoms with Crippen molar-refractivity contribution in [3.8, 4) is 11.5 Å². The lowest BCUT2D eigenvalue weighted by Crippen LogP contribution is -2.63. The largest absolute Gasteiger partial charge is 0.508 e. The predicted molar refractivity (Wildman–Crippen MR) is 446 cm³/mol. The number of nitrogens with two attached hydrogens (primary N) is 1. The number of rotatable bonds is 51. The maximum atomic E-state index is 14.9. The van der Waals surface area contributed by atoms with Gasteiger partial charge in [-0.1, -0.05) is 168 Å². The lowest BCUT2D eigenvalue weighted by atomic mass is 9.99. The second-order valence-corrected chi connectivity index (χ2v) is 32.8. The van der Waals surface area contributed by atoms with Gasteiger partial charge in [-0.15, -0.1) is 0 Å². The summed E-state index contributed by atoms with van der Waals surface area (Å²) < 4.78 is 0. The molecule has 1 aliphatic rings. The zero-order valence-corrected chi connectivity index (χ0v) is 71.0. The van der Waals surface area contributed by atoms with Crippen LogP contribution in [-0.4, -0.2) is 222 Å². The van der Waals surface area contributed by atoms with Crippen molar-refractivity contribution in [2.45, 2.75) is 309 Å². The number of fused-ring (bicyclic) bond motifs is 1. The number of hydrogen-bond donors (Lipinski definition) is 17. The van der Waals surface area contributed by atoms with Crippen molar-refractivity contribution in [1.29, 1.82) is 0 Å². The third-order valence-electron chi connectivity index (χ3n) is 21.2. The van der Waals surface area contributed by atoms with Crippen molar-refractivity contribution in [3.05, 3.63) is 95.7 Å². The number of aromatic nitrogens is 1. The number of phenolic OH excluding ortho intramolecular Hbond substituents is 2. The number of benzene rings is 3. The highest BCUT2D eigenvalue weighted by Crippen LogP contribution is 2.25. The summed E-state index contributed by atoms with van der Waals surface area (Å²) in [6, 6.07) is 0.855. The zero-order valence-electron chi connectivity index (χ0n) is 71.0. The van der Waals surface area contributed by atoms with E-state index in [9.17, 15) is 87.9 Å². The first kappa shape index (κ1) is 98.4. The van der Waals surface area contributed by atoms with Gasteiger partial charge in [0.2, 0.25) is 76.8 Å². The summed E-state index contributed by atoms with van der Waals surface area (Å²) in [6.07, 6.45) is 11.8.